The molecule has 5 nitrogen and oxygen atoms in total. The number of ether oxygens (including phenoxy) is 2. The number of hydrogen-bond donors (Lipinski definition) is 0. The first-order valence-corrected chi connectivity index (χ1v) is 8.73. The highest BCUT2D eigenvalue weighted by Gasteiger charge is 2.30. The zero-order valence-corrected chi connectivity index (χ0v) is 15.2. The minimum absolute atomic E-state index is 0.00752. The Balaban J connectivity index is 1.53. The van der Waals surface area contributed by atoms with E-state index in [4.69, 9.17) is 4.74 Å². The Morgan fingerprint density at radius 3 is 2.61 bits per heavy atom. The Labute approximate surface area is 161 Å². The van der Waals surface area contributed by atoms with Crippen LogP contribution in [0.4, 0.5) is 14.5 Å². The number of esters is 1. The van der Waals surface area contributed by atoms with Crippen molar-refractivity contribution in [3.63, 3.8) is 0 Å². The zero-order valence-electron chi connectivity index (χ0n) is 15.2. The molecule has 1 aliphatic heterocycles. The summed E-state index contributed by atoms with van der Waals surface area (Å²) in [5.74, 6) is -0.922. The molecule has 0 aliphatic carbocycles. The average molecular weight is 387 g/mol. The molecule has 0 saturated carbocycles. The lowest BCUT2D eigenvalue weighted by molar-refractivity contribution is -0.143. The topological polar surface area (TPSA) is 55.8 Å². The molecule has 28 heavy (non-hydrogen) atoms. The molecule has 0 fully saturated rings. The second-order valence-electron chi connectivity index (χ2n) is 6.33. The van der Waals surface area contributed by atoms with Gasteiger partial charge in [-0.3, -0.25) is 4.79 Å². The van der Waals surface area contributed by atoms with E-state index in [1.165, 1.54) is 36.4 Å². The third kappa shape index (κ3) is 4.73. The van der Waals surface area contributed by atoms with Crippen LogP contribution in [0.1, 0.15) is 18.1 Å². The minimum atomic E-state index is -2.89. The number of fused-ring (bicyclic) bond motifs is 1. The molecule has 2 aromatic carbocycles. The number of alkyl halides is 2. The third-order valence-electron chi connectivity index (χ3n) is 4.33. The fourth-order valence-electron chi connectivity index (χ4n) is 3.12. The first-order chi connectivity index (χ1) is 13.4. The molecule has 3 rings (SSSR count). The van der Waals surface area contributed by atoms with E-state index >= 15 is 0 Å². The van der Waals surface area contributed by atoms with Crippen LogP contribution >= 0.6 is 0 Å². The van der Waals surface area contributed by atoms with Crippen LogP contribution in [-0.4, -0.2) is 31.1 Å². The van der Waals surface area contributed by atoms with Gasteiger partial charge in [0.1, 0.15) is 5.75 Å². The quantitative estimate of drug-likeness (QED) is 0.559. The van der Waals surface area contributed by atoms with E-state index in [9.17, 15) is 18.4 Å². The van der Waals surface area contributed by atoms with Crippen molar-refractivity contribution in [3.8, 4) is 5.75 Å². The largest absolute Gasteiger partial charge is 0.452 e. The van der Waals surface area contributed by atoms with Crippen molar-refractivity contribution in [1.82, 2.24) is 0 Å². The normalized spacial score (nSPS) is 15.7. The smallest absolute Gasteiger partial charge is 0.387 e. The Kier molecular flexibility index (Phi) is 6.03. The van der Waals surface area contributed by atoms with Crippen LogP contribution in [-0.2, 0) is 20.7 Å². The lowest BCUT2D eigenvalue weighted by Crippen LogP contribution is -2.38. The summed E-state index contributed by atoms with van der Waals surface area (Å²) in [5.41, 5.74) is 2.54. The molecule has 0 saturated heterocycles. The number of benzene rings is 2. The van der Waals surface area contributed by atoms with Gasteiger partial charge in [-0.1, -0.05) is 30.3 Å². The van der Waals surface area contributed by atoms with Crippen molar-refractivity contribution in [3.05, 3.63) is 65.7 Å². The van der Waals surface area contributed by atoms with Crippen molar-refractivity contribution in [2.75, 3.05) is 11.5 Å². The Bertz CT molecular complexity index is 880. The first-order valence-electron chi connectivity index (χ1n) is 8.73. The van der Waals surface area contributed by atoms with Crippen LogP contribution < -0.4 is 9.64 Å². The minimum Gasteiger partial charge on any atom is -0.452 e. The summed E-state index contributed by atoms with van der Waals surface area (Å²) in [5, 5.41) is 0. The van der Waals surface area contributed by atoms with E-state index < -0.39 is 12.6 Å². The number of anilines is 1. The maximum absolute atomic E-state index is 12.5. The SMILES string of the molecule is C[C@@H]1Cc2ccccc2N1C(=O)COC(=O)/C=C/c1ccc(OC(F)F)cc1. The summed E-state index contributed by atoms with van der Waals surface area (Å²) >= 11 is 0. The molecule has 7 heteroatoms. The van der Waals surface area contributed by atoms with Gasteiger partial charge in [0.05, 0.1) is 0 Å². The van der Waals surface area contributed by atoms with E-state index in [-0.39, 0.29) is 24.3 Å². The van der Waals surface area contributed by atoms with Crippen LogP contribution in [0.5, 0.6) is 5.75 Å². The van der Waals surface area contributed by atoms with Crippen molar-refractivity contribution in [1.29, 1.82) is 0 Å². The average Bonchev–Trinajstić information content (AvgIpc) is 3.01. The number of para-hydroxylation sites is 1. The van der Waals surface area contributed by atoms with Gasteiger partial charge in [0, 0.05) is 17.8 Å². The van der Waals surface area contributed by atoms with Crippen molar-refractivity contribution >= 4 is 23.6 Å². The van der Waals surface area contributed by atoms with Gasteiger partial charge in [-0.2, -0.15) is 8.78 Å². The molecule has 0 bridgehead atoms. The second-order valence-corrected chi connectivity index (χ2v) is 6.33. The predicted octanol–water partition coefficient (Wildman–Crippen LogP) is 3.82. The van der Waals surface area contributed by atoms with E-state index in [0.29, 0.717) is 5.56 Å². The molecule has 146 valence electrons. The molecule has 1 amide bonds. The molecule has 2 aromatic rings. The highest BCUT2D eigenvalue weighted by atomic mass is 19.3. The summed E-state index contributed by atoms with van der Waals surface area (Å²) in [4.78, 5) is 26.0. The number of halogens is 2. The summed E-state index contributed by atoms with van der Waals surface area (Å²) < 4.78 is 33.5. The van der Waals surface area contributed by atoms with E-state index in [2.05, 4.69) is 4.74 Å². The van der Waals surface area contributed by atoms with Crippen molar-refractivity contribution < 1.29 is 27.8 Å². The summed E-state index contributed by atoms with van der Waals surface area (Å²) in [6.45, 7) is -1.30. The fourth-order valence-corrected chi connectivity index (χ4v) is 3.12. The molecular formula is C21H19F2NO4. The summed E-state index contributed by atoms with van der Waals surface area (Å²) in [7, 11) is 0. The summed E-state index contributed by atoms with van der Waals surface area (Å²) in [6, 6.07) is 13.4. The number of nitrogens with zero attached hydrogens (tertiary/aromatic N) is 1. The Morgan fingerprint density at radius 1 is 1.18 bits per heavy atom. The lowest BCUT2D eigenvalue weighted by Gasteiger charge is -2.22. The van der Waals surface area contributed by atoms with Gasteiger partial charge in [-0.05, 0) is 48.7 Å². The molecule has 1 heterocycles. The molecule has 0 aromatic heterocycles. The Morgan fingerprint density at radius 2 is 1.89 bits per heavy atom. The number of hydrogen-bond acceptors (Lipinski definition) is 4. The van der Waals surface area contributed by atoms with Crippen LogP contribution in [0.15, 0.2) is 54.6 Å². The van der Waals surface area contributed by atoms with Crippen molar-refractivity contribution in [2.24, 2.45) is 0 Å². The second kappa shape index (κ2) is 8.65. The number of carbonyl (C=O) groups excluding carboxylic acids is 2. The molecule has 1 atom stereocenters. The van der Waals surface area contributed by atoms with Gasteiger partial charge in [-0.15, -0.1) is 0 Å². The van der Waals surface area contributed by atoms with Gasteiger partial charge in [0.2, 0.25) is 0 Å². The highest BCUT2D eigenvalue weighted by molar-refractivity contribution is 5.98. The standard InChI is InChI=1S/C21H19F2NO4/c1-14-12-16-4-2-3-5-18(16)24(14)19(25)13-27-20(26)11-8-15-6-9-17(10-7-15)28-21(22)23/h2-11,14,21H,12-13H2,1H3/b11-8+/t14-/m1/s1. The Hall–Kier alpha value is -3.22. The van der Waals surface area contributed by atoms with E-state index in [0.717, 1.165) is 17.7 Å². The number of amides is 1. The van der Waals surface area contributed by atoms with Crippen molar-refractivity contribution in [2.45, 2.75) is 26.0 Å². The summed E-state index contributed by atoms with van der Waals surface area (Å²) in [6.07, 6.45) is 3.41. The maximum Gasteiger partial charge on any atom is 0.387 e. The molecule has 1 aliphatic rings. The fraction of sp³-hybridized carbons (Fsp3) is 0.238. The van der Waals surface area contributed by atoms with Crippen LogP contribution in [0.25, 0.3) is 6.08 Å². The van der Waals surface area contributed by atoms with Gasteiger partial charge in [-0.25, -0.2) is 4.79 Å². The monoisotopic (exact) mass is 387 g/mol. The van der Waals surface area contributed by atoms with Crippen LogP contribution in [0.2, 0.25) is 0 Å². The number of carbonyl (C=O) groups is 2. The number of rotatable bonds is 6. The first kappa shape index (κ1) is 19.5. The maximum atomic E-state index is 12.5. The molecule has 0 unspecified atom stereocenters. The van der Waals surface area contributed by atoms with Gasteiger partial charge >= 0.3 is 12.6 Å². The zero-order chi connectivity index (χ0) is 20.1. The van der Waals surface area contributed by atoms with E-state index in [1.807, 2.05) is 31.2 Å². The molecule has 0 N–H and O–H groups in total. The van der Waals surface area contributed by atoms with Gasteiger partial charge < -0.3 is 14.4 Å². The predicted molar refractivity (Wildman–Crippen MR) is 100 cm³/mol. The van der Waals surface area contributed by atoms with Crippen LogP contribution in [0, 0.1) is 0 Å². The third-order valence-corrected chi connectivity index (χ3v) is 4.33. The van der Waals surface area contributed by atoms with Crippen LogP contribution in [0.3, 0.4) is 0 Å². The van der Waals surface area contributed by atoms with E-state index in [1.54, 1.807) is 4.90 Å². The highest BCUT2D eigenvalue weighted by Crippen LogP contribution is 2.31. The molecule has 0 spiro atoms. The molecular weight excluding hydrogens is 368 g/mol. The molecule has 0 radical (unpaired) electrons. The van der Waals surface area contributed by atoms with Gasteiger partial charge in [0.15, 0.2) is 6.61 Å². The van der Waals surface area contributed by atoms with Gasteiger partial charge in [0.25, 0.3) is 5.91 Å². The lowest BCUT2D eigenvalue weighted by atomic mass is 10.1.